The molecule has 104 valence electrons. The highest BCUT2D eigenvalue weighted by molar-refractivity contribution is 9.10. The number of nitrogens with zero attached hydrogens (tertiary/aromatic N) is 1. The van der Waals surface area contributed by atoms with Crippen molar-refractivity contribution in [2.45, 2.75) is 0 Å². The molecule has 0 saturated carbocycles. The van der Waals surface area contributed by atoms with Crippen molar-refractivity contribution in [1.29, 1.82) is 0 Å². The van der Waals surface area contributed by atoms with Gasteiger partial charge in [-0.3, -0.25) is 9.78 Å². The lowest BCUT2D eigenvalue weighted by Gasteiger charge is -2.12. The van der Waals surface area contributed by atoms with Crippen molar-refractivity contribution in [3.8, 4) is 0 Å². The Labute approximate surface area is 130 Å². The molecular formula is C16H12BrN3O. The van der Waals surface area contributed by atoms with Crippen LogP contribution in [0.2, 0.25) is 0 Å². The van der Waals surface area contributed by atoms with Crippen molar-refractivity contribution in [2.24, 2.45) is 5.73 Å². The first-order valence-electron chi connectivity index (χ1n) is 6.35. The fourth-order valence-corrected chi connectivity index (χ4v) is 2.54. The zero-order valence-corrected chi connectivity index (χ0v) is 12.6. The third-order valence-corrected chi connectivity index (χ3v) is 3.66. The second-order valence-electron chi connectivity index (χ2n) is 4.55. The third-order valence-electron chi connectivity index (χ3n) is 3.17. The van der Waals surface area contributed by atoms with Crippen LogP contribution in [0.3, 0.4) is 0 Å². The minimum atomic E-state index is -0.461. The molecule has 1 amide bonds. The highest BCUT2D eigenvalue weighted by Gasteiger charge is 2.09. The van der Waals surface area contributed by atoms with Crippen LogP contribution in [0.15, 0.2) is 59.2 Å². The number of aromatic nitrogens is 1. The van der Waals surface area contributed by atoms with Gasteiger partial charge in [-0.15, -0.1) is 0 Å². The van der Waals surface area contributed by atoms with Crippen molar-refractivity contribution >= 4 is 44.1 Å². The van der Waals surface area contributed by atoms with E-state index in [2.05, 4.69) is 26.2 Å². The SMILES string of the molecule is NC(=O)c1ccccc1Nc1ccnc2ccc(Br)cc12. The first-order chi connectivity index (χ1) is 10.1. The van der Waals surface area contributed by atoms with Gasteiger partial charge in [0.1, 0.15) is 0 Å². The lowest BCUT2D eigenvalue weighted by atomic mass is 10.1. The molecule has 0 saturated heterocycles. The van der Waals surface area contributed by atoms with Crippen LogP contribution in [0.4, 0.5) is 11.4 Å². The number of primary amides is 1. The number of nitrogens with two attached hydrogens (primary N) is 1. The summed E-state index contributed by atoms with van der Waals surface area (Å²) in [4.78, 5) is 15.8. The van der Waals surface area contributed by atoms with E-state index in [0.29, 0.717) is 11.3 Å². The van der Waals surface area contributed by atoms with E-state index in [-0.39, 0.29) is 0 Å². The van der Waals surface area contributed by atoms with E-state index in [0.717, 1.165) is 21.1 Å². The van der Waals surface area contributed by atoms with Crippen molar-refractivity contribution in [1.82, 2.24) is 4.98 Å². The maximum Gasteiger partial charge on any atom is 0.250 e. The maximum atomic E-state index is 11.5. The largest absolute Gasteiger partial charge is 0.366 e. The molecule has 1 heterocycles. The van der Waals surface area contributed by atoms with Crippen LogP contribution in [0.25, 0.3) is 10.9 Å². The first-order valence-corrected chi connectivity index (χ1v) is 7.14. The van der Waals surface area contributed by atoms with Gasteiger partial charge < -0.3 is 11.1 Å². The van der Waals surface area contributed by atoms with Gasteiger partial charge in [0.15, 0.2) is 0 Å². The molecule has 0 radical (unpaired) electrons. The van der Waals surface area contributed by atoms with Gasteiger partial charge in [0.25, 0.3) is 5.91 Å². The van der Waals surface area contributed by atoms with E-state index in [1.54, 1.807) is 18.3 Å². The number of amides is 1. The third kappa shape index (κ3) is 2.73. The second-order valence-corrected chi connectivity index (χ2v) is 5.47. The van der Waals surface area contributed by atoms with Crippen LogP contribution in [0.5, 0.6) is 0 Å². The van der Waals surface area contributed by atoms with Gasteiger partial charge in [-0.25, -0.2) is 0 Å². The Hall–Kier alpha value is -2.40. The molecule has 3 rings (SSSR count). The fourth-order valence-electron chi connectivity index (χ4n) is 2.18. The summed E-state index contributed by atoms with van der Waals surface area (Å²) in [5.74, 6) is -0.461. The number of para-hydroxylation sites is 1. The number of fused-ring (bicyclic) bond motifs is 1. The molecular weight excluding hydrogens is 330 g/mol. The molecule has 3 aromatic rings. The van der Waals surface area contributed by atoms with Crippen LogP contribution < -0.4 is 11.1 Å². The summed E-state index contributed by atoms with van der Waals surface area (Å²) in [5.41, 5.74) is 8.29. The van der Waals surface area contributed by atoms with Crippen molar-refractivity contribution in [3.63, 3.8) is 0 Å². The van der Waals surface area contributed by atoms with Crippen LogP contribution in [0, 0.1) is 0 Å². The highest BCUT2D eigenvalue weighted by Crippen LogP contribution is 2.28. The molecule has 1 aromatic heterocycles. The molecule has 0 aliphatic rings. The van der Waals surface area contributed by atoms with Crippen molar-refractivity contribution in [3.05, 3.63) is 64.8 Å². The fraction of sp³-hybridized carbons (Fsp3) is 0. The molecule has 0 bridgehead atoms. The number of rotatable bonds is 3. The number of carbonyl (C=O) groups excluding carboxylic acids is 1. The summed E-state index contributed by atoms with van der Waals surface area (Å²) in [6.45, 7) is 0. The maximum absolute atomic E-state index is 11.5. The average Bonchev–Trinajstić information content (AvgIpc) is 2.48. The van der Waals surface area contributed by atoms with E-state index in [1.807, 2.05) is 36.4 Å². The minimum absolute atomic E-state index is 0.456. The number of hydrogen-bond donors (Lipinski definition) is 2. The zero-order chi connectivity index (χ0) is 14.8. The average molecular weight is 342 g/mol. The monoisotopic (exact) mass is 341 g/mol. The molecule has 4 nitrogen and oxygen atoms in total. The highest BCUT2D eigenvalue weighted by atomic mass is 79.9. The summed E-state index contributed by atoms with van der Waals surface area (Å²) in [7, 11) is 0. The molecule has 2 aromatic carbocycles. The predicted molar refractivity (Wildman–Crippen MR) is 87.7 cm³/mol. The molecule has 0 aliphatic carbocycles. The van der Waals surface area contributed by atoms with E-state index >= 15 is 0 Å². The molecule has 0 aliphatic heterocycles. The van der Waals surface area contributed by atoms with Crippen molar-refractivity contribution < 1.29 is 4.79 Å². The van der Waals surface area contributed by atoms with Crippen LogP contribution in [0.1, 0.15) is 10.4 Å². The van der Waals surface area contributed by atoms with Gasteiger partial charge in [0, 0.05) is 21.7 Å². The normalized spacial score (nSPS) is 10.5. The molecule has 21 heavy (non-hydrogen) atoms. The Balaban J connectivity index is 2.11. The molecule has 0 fully saturated rings. The lowest BCUT2D eigenvalue weighted by molar-refractivity contribution is 0.100. The van der Waals surface area contributed by atoms with Gasteiger partial charge >= 0.3 is 0 Å². The summed E-state index contributed by atoms with van der Waals surface area (Å²) < 4.78 is 0.967. The van der Waals surface area contributed by atoms with Gasteiger partial charge in [0.05, 0.1) is 16.8 Å². The number of pyridine rings is 1. The van der Waals surface area contributed by atoms with Crippen molar-refractivity contribution in [2.75, 3.05) is 5.32 Å². The smallest absolute Gasteiger partial charge is 0.250 e. The Kier molecular flexibility index (Phi) is 3.58. The number of halogens is 1. The second kappa shape index (κ2) is 5.54. The number of nitrogens with one attached hydrogen (secondary N) is 1. The van der Waals surface area contributed by atoms with Crippen LogP contribution in [-0.2, 0) is 0 Å². The zero-order valence-electron chi connectivity index (χ0n) is 11.0. The summed E-state index contributed by atoms with van der Waals surface area (Å²) >= 11 is 3.46. The Bertz CT molecular complexity index is 833. The van der Waals surface area contributed by atoms with Crippen LogP contribution >= 0.6 is 15.9 Å². The quantitative estimate of drug-likeness (QED) is 0.760. The number of hydrogen-bond acceptors (Lipinski definition) is 3. The number of benzene rings is 2. The van der Waals surface area contributed by atoms with Gasteiger partial charge in [-0.05, 0) is 36.4 Å². The molecule has 5 heteroatoms. The predicted octanol–water partition coefficient (Wildman–Crippen LogP) is 3.84. The number of carbonyl (C=O) groups is 1. The van der Waals surface area contributed by atoms with Crippen LogP contribution in [-0.4, -0.2) is 10.9 Å². The van der Waals surface area contributed by atoms with E-state index in [1.165, 1.54) is 0 Å². The summed E-state index contributed by atoms with van der Waals surface area (Å²) in [6.07, 6.45) is 1.73. The van der Waals surface area contributed by atoms with E-state index < -0.39 is 5.91 Å². The summed E-state index contributed by atoms with van der Waals surface area (Å²) in [5, 5.41) is 4.23. The van der Waals surface area contributed by atoms with E-state index in [9.17, 15) is 4.79 Å². The Morgan fingerprint density at radius 2 is 1.90 bits per heavy atom. The molecule has 0 unspecified atom stereocenters. The number of anilines is 2. The minimum Gasteiger partial charge on any atom is -0.366 e. The van der Waals surface area contributed by atoms with E-state index in [4.69, 9.17) is 5.73 Å². The van der Waals surface area contributed by atoms with Gasteiger partial charge in [-0.1, -0.05) is 28.1 Å². The first kappa shape index (κ1) is 13.6. The standard InChI is InChI=1S/C16H12BrN3O/c17-10-5-6-13-12(9-10)15(7-8-19-13)20-14-4-2-1-3-11(14)16(18)21/h1-9H,(H2,18,21)(H,19,20). The summed E-state index contributed by atoms with van der Waals surface area (Å²) in [6, 6.07) is 14.9. The Morgan fingerprint density at radius 1 is 1.10 bits per heavy atom. The topological polar surface area (TPSA) is 68.0 Å². The molecule has 0 spiro atoms. The van der Waals surface area contributed by atoms with Gasteiger partial charge in [-0.2, -0.15) is 0 Å². The lowest BCUT2D eigenvalue weighted by Crippen LogP contribution is -2.13. The Morgan fingerprint density at radius 3 is 2.71 bits per heavy atom. The molecule has 0 atom stereocenters. The molecule has 3 N–H and O–H groups in total. The van der Waals surface area contributed by atoms with Gasteiger partial charge in [0.2, 0.25) is 0 Å².